The van der Waals surface area contributed by atoms with E-state index in [0.29, 0.717) is 19.4 Å². The van der Waals surface area contributed by atoms with Crippen molar-refractivity contribution < 1.29 is 9.59 Å². The van der Waals surface area contributed by atoms with Crippen molar-refractivity contribution in [3.63, 3.8) is 0 Å². The monoisotopic (exact) mass is 590 g/mol. The predicted octanol–water partition coefficient (Wildman–Crippen LogP) is 10.6. The van der Waals surface area contributed by atoms with Gasteiger partial charge < -0.3 is 5.32 Å². The second kappa shape index (κ2) is 19.3. The molecule has 0 aromatic carbocycles. The highest BCUT2D eigenvalue weighted by Crippen LogP contribution is 2.46. The molecule has 2 aliphatic rings. The zero-order valence-corrected chi connectivity index (χ0v) is 29.1. The Bertz CT molecular complexity index is 744. The van der Waals surface area contributed by atoms with E-state index in [0.717, 1.165) is 19.4 Å². The number of imide groups is 1. The fraction of sp³-hybridized carbons (Fsp3) is 0.946. The van der Waals surface area contributed by atoms with Gasteiger partial charge in [0.25, 0.3) is 5.91 Å². The third-order valence-electron chi connectivity index (χ3n) is 10.1. The van der Waals surface area contributed by atoms with Crippen molar-refractivity contribution in [3.05, 3.63) is 0 Å². The average molecular weight is 590 g/mol. The molecular formula is C37H71N3O2. The molecule has 2 saturated heterocycles. The van der Waals surface area contributed by atoms with E-state index in [1.54, 1.807) is 0 Å². The summed E-state index contributed by atoms with van der Waals surface area (Å²) in [6, 6.07) is -0.175. The minimum Gasteiger partial charge on any atom is -0.323 e. The lowest BCUT2D eigenvalue weighted by Gasteiger charge is -2.58. The van der Waals surface area contributed by atoms with E-state index < -0.39 is 5.54 Å². The summed E-state index contributed by atoms with van der Waals surface area (Å²) in [5.41, 5.74) is -1.04. The molecule has 246 valence electrons. The van der Waals surface area contributed by atoms with E-state index in [4.69, 9.17) is 0 Å². The number of amides is 3. The van der Waals surface area contributed by atoms with Gasteiger partial charge in [-0.05, 0) is 59.9 Å². The lowest BCUT2D eigenvalue weighted by molar-refractivity contribution is -0.141. The minimum absolute atomic E-state index is 0.0178. The summed E-state index contributed by atoms with van der Waals surface area (Å²) in [5.74, 6) is 0.0178. The maximum absolute atomic E-state index is 13.7. The molecule has 1 N–H and O–H groups in total. The van der Waals surface area contributed by atoms with Crippen LogP contribution in [0.5, 0.6) is 0 Å². The van der Waals surface area contributed by atoms with Gasteiger partial charge in [0.05, 0.1) is 0 Å². The zero-order chi connectivity index (χ0) is 30.9. The van der Waals surface area contributed by atoms with E-state index in [9.17, 15) is 9.59 Å². The van der Waals surface area contributed by atoms with E-state index in [-0.39, 0.29) is 23.0 Å². The molecule has 42 heavy (non-hydrogen) atoms. The summed E-state index contributed by atoms with van der Waals surface area (Å²) in [4.78, 5) is 30.8. The van der Waals surface area contributed by atoms with E-state index in [1.807, 2.05) is 0 Å². The van der Waals surface area contributed by atoms with Gasteiger partial charge in [-0.25, -0.2) is 4.79 Å². The predicted molar refractivity (Wildman–Crippen MR) is 180 cm³/mol. The van der Waals surface area contributed by atoms with Crippen molar-refractivity contribution in [3.8, 4) is 0 Å². The molecule has 0 saturated carbocycles. The summed E-state index contributed by atoms with van der Waals surface area (Å²) in [6.45, 7) is 15.2. The van der Waals surface area contributed by atoms with Crippen molar-refractivity contribution in [2.45, 2.75) is 212 Å². The summed E-state index contributed by atoms with van der Waals surface area (Å²) in [7, 11) is 0. The molecule has 0 atom stereocenters. The molecular weight excluding hydrogens is 518 g/mol. The van der Waals surface area contributed by atoms with Gasteiger partial charge in [0.1, 0.15) is 5.54 Å². The van der Waals surface area contributed by atoms with Crippen LogP contribution >= 0.6 is 0 Å². The maximum Gasteiger partial charge on any atom is 0.325 e. The first-order chi connectivity index (χ1) is 20.1. The van der Waals surface area contributed by atoms with Crippen molar-refractivity contribution in [1.29, 1.82) is 0 Å². The Labute approximate surface area is 261 Å². The highest BCUT2D eigenvalue weighted by atomic mass is 16.2. The van der Waals surface area contributed by atoms with E-state index in [2.05, 4.69) is 51.8 Å². The zero-order valence-electron chi connectivity index (χ0n) is 29.1. The van der Waals surface area contributed by atoms with Crippen LogP contribution < -0.4 is 5.32 Å². The first-order valence-corrected chi connectivity index (χ1v) is 18.5. The molecule has 0 aromatic heterocycles. The molecule has 3 amide bonds. The second-order valence-electron chi connectivity index (χ2n) is 15.2. The second-order valence-corrected chi connectivity index (χ2v) is 15.2. The normalized spacial score (nSPS) is 19.6. The van der Waals surface area contributed by atoms with Gasteiger partial charge in [-0.15, -0.1) is 0 Å². The number of urea groups is 1. The van der Waals surface area contributed by atoms with Crippen LogP contribution in [0.1, 0.15) is 196 Å². The quantitative estimate of drug-likeness (QED) is 0.0900. The van der Waals surface area contributed by atoms with Crippen LogP contribution in [0.25, 0.3) is 0 Å². The Morgan fingerprint density at radius 1 is 0.524 bits per heavy atom. The summed E-state index contributed by atoms with van der Waals surface area (Å²) in [6.07, 6.45) is 30.6. The van der Waals surface area contributed by atoms with Crippen molar-refractivity contribution >= 4 is 11.9 Å². The Morgan fingerprint density at radius 3 is 1.24 bits per heavy atom. The Hall–Kier alpha value is -1.10. The molecule has 2 heterocycles. The maximum atomic E-state index is 13.7. The molecule has 0 bridgehead atoms. The summed E-state index contributed by atoms with van der Waals surface area (Å²) >= 11 is 0. The Morgan fingerprint density at radius 2 is 0.857 bits per heavy atom. The number of nitrogens with one attached hydrogen (secondary N) is 1. The molecule has 5 heteroatoms. The SMILES string of the molecule is CCCCCCCCCCCCCCCCCCN1C(C)(C)CC2(CC1(C)C)NC(=O)N(CCCCCCCC)C2=O. The van der Waals surface area contributed by atoms with E-state index in [1.165, 1.54) is 133 Å². The Balaban J connectivity index is 1.64. The highest BCUT2D eigenvalue weighted by molar-refractivity contribution is 6.07. The number of hydrogen-bond donors (Lipinski definition) is 1. The lowest BCUT2D eigenvalue weighted by Crippen LogP contribution is -2.69. The van der Waals surface area contributed by atoms with Gasteiger partial charge in [0, 0.05) is 17.6 Å². The molecule has 0 radical (unpaired) electrons. The topological polar surface area (TPSA) is 52.7 Å². The summed E-state index contributed by atoms with van der Waals surface area (Å²) in [5, 5.41) is 3.20. The minimum atomic E-state index is -0.753. The van der Waals surface area contributed by atoms with Crippen LogP contribution in [0, 0.1) is 0 Å². The number of piperidine rings is 1. The molecule has 0 aliphatic carbocycles. The first-order valence-electron chi connectivity index (χ1n) is 18.5. The van der Waals surface area contributed by atoms with Gasteiger partial charge in [-0.2, -0.15) is 0 Å². The summed E-state index contributed by atoms with van der Waals surface area (Å²) < 4.78 is 0. The number of carbonyl (C=O) groups excluding carboxylic acids is 2. The van der Waals surface area contributed by atoms with Gasteiger partial charge in [0.2, 0.25) is 0 Å². The van der Waals surface area contributed by atoms with Crippen LogP contribution in [0.2, 0.25) is 0 Å². The average Bonchev–Trinajstić information content (AvgIpc) is 3.13. The largest absolute Gasteiger partial charge is 0.325 e. The highest BCUT2D eigenvalue weighted by Gasteiger charge is 2.60. The third-order valence-corrected chi connectivity index (χ3v) is 10.1. The fourth-order valence-corrected chi connectivity index (χ4v) is 8.14. The molecule has 1 spiro atoms. The molecule has 5 nitrogen and oxygen atoms in total. The smallest absolute Gasteiger partial charge is 0.323 e. The first kappa shape index (κ1) is 37.1. The molecule has 2 rings (SSSR count). The van der Waals surface area contributed by atoms with Crippen LogP contribution in [0.4, 0.5) is 4.79 Å². The molecule has 2 aliphatic heterocycles. The van der Waals surface area contributed by atoms with Crippen molar-refractivity contribution in [2.75, 3.05) is 13.1 Å². The molecule has 2 fully saturated rings. The van der Waals surface area contributed by atoms with Crippen LogP contribution in [0.3, 0.4) is 0 Å². The third kappa shape index (κ3) is 12.1. The fourth-order valence-electron chi connectivity index (χ4n) is 8.14. The number of unbranched alkanes of at least 4 members (excludes halogenated alkanes) is 20. The van der Waals surface area contributed by atoms with Crippen LogP contribution in [-0.2, 0) is 4.79 Å². The standard InChI is InChI=1S/C37H71N3O2/c1-7-9-11-13-15-16-17-18-19-20-21-22-23-24-26-28-30-40-35(3,4)31-37(32-36(40,5)6)33(41)39(34(42)38-37)29-27-25-14-12-10-8-2/h7-32H2,1-6H3,(H,38,42). The van der Waals surface area contributed by atoms with Gasteiger partial charge >= 0.3 is 6.03 Å². The Kier molecular flexibility index (Phi) is 17.1. The van der Waals surface area contributed by atoms with E-state index >= 15 is 0 Å². The van der Waals surface area contributed by atoms with Crippen molar-refractivity contribution in [2.24, 2.45) is 0 Å². The number of rotatable bonds is 24. The van der Waals surface area contributed by atoms with Crippen LogP contribution in [0.15, 0.2) is 0 Å². The number of likely N-dealkylation sites (tertiary alicyclic amines) is 1. The molecule has 0 aromatic rings. The van der Waals surface area contributed by atoms with Gasteiger partial charge in [-0.1, -0.05) is 142 Å². The van der Waals surface area contributed by atoms with Gasteiger partial charge in [-0.3, -0.25) is 14.6 Å². The number of carbonyl (C=O) groups is 2. The number of nitrogens with zero attached hydrogens (tertiary/aromatic N) is 2. The molecule has 0 unspecified atom stereocenters. The van der Waals surface area contributed by atoms with Crippen molar-refractivity contribution in [1.82, 2.24) is 15.1 Å². The lowest BCUT2D eigenvalue weighted by atomic mass is 9.68. The number of hydrogen-bond acceptors (Lipinski definition) is 3. The van der Waals surface area contributed by atoms with Crippen LogP contribution in [-0.4, -0.2) is 51.4 Å². The van der Waals surface area contributed by atoms with Gasteiger partial charge in [0.15, 0.2) is 0 Å².